The van der Waals surface area contributed by atoms with Crippen LogP contribution in [0.2, 0.25) is 0 Å². The van der Waals surface area contributed by atoms with Gasteiger partial charge < -0.3 is 20.4 Å². The van der Waals surface area contributed by atoms with Crippen molar-refractivity contribution in [3.8, 4) is 17.2 Å². The molecular weight excluding hydrogens is 298 g/mol. The molecule has 0 spiro atoms. The number of nitrogens with one attached hydrogen (secondary N) is 1. The first kappa shape index (κ1) is 16.6. The van der Waals surface area contributed by atoms with Crippen LogP contribution in [0.3, 0.4) is 0 Å². The van der Waals surface area contributed by atoms with Gasteiger partial charge in [0.25, 0.3) is 0 Å². The van der Waals surface area contributed by atoms with Crippen molar-refractivity contribution >= 4 is 5.97 Å². The Morgan fingerprint density at radius 1 is 1.04 bits per heavy atom. The van der Waals surface area contributed by atoms with Gasteiger partial charge >= 0.3 is 5.97 Å². The Morgan fingerprint density at radius 3 is 2.13 bits per heavy atom. The van der Waals surface area contributed by atoms with Crippen LogP contribution < -0.4 is 5.32 Å². The largest absolute Gasteiger partial charge is 0.508 e. The number of carbonyl (C=O) groups is 1. The van der Waals surface area contributed by atoms with Crippen LogP contribution in [0.25, 0.3) is 0 Å². The molecule has 0 aliphatic heterocycles. The summed E-state index contributed by atoms with van der Waals surface area (Å²) in [6, 6.07) is 9.18. The molecule has 6 nitrogen and oxygen atoms in total. The van der Waals surface area contributed by atoms with Gasteiger partial charge in [-0.15, -0.1) is 0 Å². The van der Waals surface area contributed by atoms with Crippen molar-refractivity contribution in [2.24, 2.45) is 0 Å². The van der Waals surface area contributed by atoms with E-state index < -0.39 is 18.1 Å². The van der Waals surface area contributed by atoms with Gasteiger partial charge in [-0.3, -0.25) is 10.1 Å². The lowest BCUT2D eigenvalue weighted by atomic mass is 10.0. The van der Waals surface area contributed by atoms with Gasteiger partial charge in [-0.05, 0) is 43.2 Å². The average molecular weight is 317 g/mol. The Hall–Kier alpha value is -2.73. The highest BCUT2D eigenvalue weighted by Gasteiger charge is 2.23. The Morgan fingerprint density at radius 2 is 1.61 bits per heavy atom. The molecule has 0 heterocycles. The number of aliphatic carboxylic acids is 1. The molecule has 0 saturated carbocycles. The number of aromatic hydroxyl groups is 3. The lowest BCUT2D eigenvalue weighted by Crippen LogP contribution is -2.40. The predicted octanol–water partition coefficient (Wildman–Crippen LogP) is 2.15. The van der Waals surface area contributed by atoms with Crippen LogP contribution in [0.5, 0.6) is 17.2 Å². The zero-order valence-corrected chi connectivity index (χ0v) is 12.6. The molecule has 2 aromatic rings. The van der Waals surface area contributed by atoms with Crippen LogP contribution in [-0.4, -0.2) is 32.4 Å². The smallest absolute Gasteiger partial charge is 0.321 e. The topological polar surface area (TPSA) is 110 Å². The molecule has 2 aromatic carbocycles. The van der Waals surface area contributed by atoms with Crippen molar-refractivity contribution < 1.29 is 25.2 Å². The Balaban J connectivity index is 2.16. The third-order valence-corrected chi connectivity index (χ3v) is 3.62. The molecule has 23 heavy (non-hydrogen) atoms. The average Bonchev–Trinajstić information content (AvgIpc) is 2.48. The minimum absolute atomic E-state index is 0.0984. The predicted molar refractivity (Wildman–Crippen MR) is 84.6 cm³/mol. The number of carboxylic acid groups (broad SMARTS) is 1. The van der Waals surface area contributed by atoms with E-state index in [1.165, 1.54) is 30.3 Å². The maximum absolute atomic E-state index is 11.5. The fourth-order valence-corrected chi connectivity index (χ4v) is 2.46. The molecule has 0 aromatic heterocycles. The van der Waals surface area contributed by atoms with Crippen molar-refractivity contribution in [3.05, 3.63) is 53.6 Å². The molecule has 0 saturated heterocycles. The molecule has 6 heteroatoms. The van der Waals surface area contributed by atoms with Gasteiger partial charge in [0.15, 0.2) is 0 Å². The van der Waals surface area contributed by atoms with Crippen LogP contribution in [0, 0.1) is 0 Å². The summed E-state index contributed by atoms with van der Waals surface area (Å²) in [4.78, 5) is 11.5. The minimum Gasteiger partial charge on any atom is -0.508 e. The van der Waals surface area contributed by atoms with Gasteiger partial charge in [0.05, 0.1) is 5.56 Å². The minimum atomic E-state index is -1.04. The van der Waals surface area contributed by atoms with E-state index in [0.717, 1.165) is 5.56 Å². The number of phenolic OH excluding ortho intramolecular Hbond substituents is 3. The maximum Gasteiger partial charge on any atom is 0.321 e. The number of rotatable bonds is 6. The zero-order chi connectivity index (χ0) is 17.0. The van der Waals surface area contributed by atoms with Gasteiger partial charge in [0, 0.05) is 6.04 Å². The monoisotopic (exact) mass is 317 g/mol. The first-order valence-electron chi connectivity index (χ1n) is 7.16. The Labute approximate surface area is 133 Å². The highest BCUT2D eigenvalue weighted by molar-refractivity contribution is 5.74. The van der Waals surface area contributed by atoms with E-state index in [2.05, 4.69) is 5.32 Å². The van der Waals surface area contributed by atoms with E-state index >= 15 is 0 Å². The lowest BCUT2D eigenvalue weighted by Gasteiger charge is -2.22. The second-order valence-corrected chi connectivity index (χ2v) is 5.36. The molecule has 0 fully saturated rings. The second-order valence-electron chi connectivity index (χ2n) is 5.36. The lowest BCUT2D eigenvalue weighted by molar-refractivity contribution is -0.139. The molecular formula is C17H19NO5. The highest BCUT2D eigenvalue weighted by Crippen LogP contribution is 2.32. The van der Waals surface area contributed by atoms with Crippen LogP contribution in [0.4, 0.5) is 0 Å². The van der Waals surface area contributed by atoms with E-state index in [1.54, 1.807) is 19.1 Å². The molecule has 2 rings (SSSR count). The molecule has 0 radical (unpaired) electrons. The van der Waals surface area contributed by atoms with Crippen molar-refractivity contribution in [3.63, 3.8) is 0 Å². The maximum atomic E-state index is 11.5. The van der Waals surface area contributed by atoms with E-state index in [0.29, 0.717) is 0 Å². The van der Waals surface area contributed by atoms with Crippen molar-refractivity contribution in [1.29, 1.82) is 0 Å². The normalized spacial score (nSPS) is 13.4. The quantitative estimate of drug-likeness (QED) is 0.558. The molecule has 0 aliphatic rings. The number of benzene rings is 2. The van der Waals surface area contributed by atoms with Crippen molar-refractivity contribution in [2.75, 3.05) is 0 Å². The highest BCUT2D eigenvalue weighted by atomic mass is 16.4. The summed E-state index contributed by atoms with van der Waals surface area (Å²) in [6.45, 7) is 1.67. The summed E-state index contributed by atoms with van der Waals surface area (Å²) in [7, 11) is 0. The number of carboxylic acids is 1. The molecule has 122 valence electrons. The van der Waals surface area contributed by atoms with Gasteiger partial charge in [0.2, 0.25) is 0 Å². The summed E-state index contributed by atoms with van der Waals surface area (Å²) < 4.78 is 0. The third kappa shape index (κ3) is 4.14. The molecule has 0 amide bonds. The third-order valence-electron chi connectivity index (χ3n) is 3.62. The molecule has 2 unspecified atom stereocenters. The zero-order valence-electron chi connectivity index (χ0n) is 12.6. The summed E-state index contributed by atoms with van der Waals surface area (Å²) in [5.41, 5.74) is 1.00. The van der Waals surface area contributed by atoms with Crippen LogP contribution in [0.1, 0.15) is 24.1 Å². The summed E-state index contributed by atoms with van der Waals surface area (Å²) in [6.07, 6.45) is 0.203. The van der Waals surface area contributed by atoms with Gasteiger partial charge in [-0.1, -0.05) is 18.2 Å². The van der Waals surface area contributed by atoms with E-state index in [-0.39, 0.29) is 29.2 Å². The first-order chi connectivity index (χ1) is 10.9. The van der Waals surface area contributed by atoms with Crippen LogP contribution in [0.15, 0.2) is 42.5 Å². The Bertz CT molecular complexity index is 664. The number of phenols is 3. The fourth-order valence-electron chi connectivity index (χ4n) is 2.46. The van der Waals surface area contributed by atoms with Crippen LogP contribution in [-0.2, 0) is 11.2 Å². The van der Waals surface area contributed by atoms with Gasteiger partial charge in [0.1, 0.15) is 23.3 Å². The van der Waals surface area contributed by atoms with E-state index in [9.17, 15) is 25.2 Å². The Kier molecular flexibility index (Phi) is 5.08. The molecule has 5 N–H and O–H groups in total. The summed E-state index contributed by atoms with van der Waals surface area (Å²) in [5, 5.41) is 41.3. The van der Waals surface area contributed by atoms with Crippen molar-refractivity contribution in [1.82, 2.24) is 5.32 Å². The second kappa shape index (κ2) is 7.02. The summed E-state index contributed by atoms with van der Waals surface area (Å²) in [5.74, 6) is -1.13. The van der Waals surface area contributed by atoms with Crippen LogP contribution >= 0.6 is 0 Å². The molecule has 0 bridgehead atoms. The summed E-state index contributed by atoms with van der Waals surface area (Å²) >= 11 is 0. The molecule has 0 aliphatic carbocycles. The molecule has 2 atom stereocenters. The fraction of sp³-hybridized carbons (Fsp3) is 0.235. The number of hydrogen-bond donors (Lipinski definition) is 5. The van der Waals surface area contributed by atoms with E-state index in [1.807, 2.05) is 0 Å². The first-order valence-corrected chi connectivity index (χ1v) is 7.16. The SMILES string of the molecule is CC(NC(Cc1ccc(O)cc1)C(=O)O)c1c(O)cccc1O. The van der Waals surface area contributed by atoms with Crippen molar-refractivity contribution in [2.45, 2.75) is 25.4 Å². The van der Waals surface area contributed by atoms with E-state index in [4.69, 9.17) is 0 Å². The number of hydrogen-bond acceptors (Lipinski definition) is 5. The van der Waals surface area contributed by atoms with Gasteiger partial charge in [-0.25, -0.2) is 0 Å². The van der Waals surface area contributed by atoms with Gasteiger partial charge in [-0.2, -0.15) is 0 Å². The standard InChI is InChI=1S/C17H19NO5/c1-10(16-14(20)3-2-4-15(16)21)18-13(17(22)23)9-11-5-7-12(19)8-6-11/h2-8,10,13,18-21H,9H2,1H3,(H,22,23).